The summed E-state index contributed by atoms with van der Waals surface area (Å²) in [6, 6.07) is 0.705. The van der Waals surface area contributed by atoms with Crippen LogP contribution in [0.5, 0.6) is 0 Å². The summed E-state index contributed by atoms with van der Waals surface area (Å²) in [6.45, 7) is 18.1. The van der Waals surface area contributed by atoms with Gasteiger partial charge in [0.15, 0.2) is 0 Å². The maximum absolute atomic E-state index is 2.73. The molecule has 0 aromatic heterocycles. The minimum Gasteiger partial charge on any atom is -0.302 e. The van der Waals surface area contributed by atoms with Crippen molar-refractivity contribution in [1.82, 2.24) is 9.80 Å². The molecular formula is C19H42N2. The van der Waals surface area contributed by atoms with E-state index in [1.165, 1.54) is 84.1 Å². The van der Waals surface area contributed by atoms with Crippen LogP contribution < -0.4 is 0 Å². The molecule has 2 nitrogen and oxygen atoms in total. The largest absolute Gasteiger partial charge is 0.302 e. The van der Waals surface area contributed by atoms with E-state index in [-0.39, 0.29) is 0 Å². The van der Waals surface area contributed by atoms with Crippen LogP contribution in [0, 0.1) is 0 Å². The van der Waals surface area contributed by atoms with E-state index in [1.54, 1.807) is 0 Å². The summed E-state index contributed by atoms with van der Waals surface area (Å²) in [4.78, 5) is 5.44. The molecule has 2 heteroatoms. The number of hydrogen-bond acceptors (Lipinski definition) is 2. The Bertz CT molecular complexity index is 190. The molecule has 0 aliphatic rings. The molecule has 0 aliphatic heterocycles. The van der Waals surface area contributed by atoms with Gasteiger partial charge in [-0.3, -0.25) is 4.90 Å². The predicted octanol–water partition coefficient (Wildman–Crippen LogP) is 5.18. The Morgan fingerprint density at radius 2 is 1.00 bits per heavy atom. The molecule has 0 aliphatic carbocycles. The molecule has 0 aromatic carbocycles. The zero-order valence-electron chi connectivity index (χ0n) is 15.7. The molecule has 0 spiro atoms. The van der Waals surface area contributed by atoms with Crippen LogP contribution in [0.25, 0.3) is 0 Å². The molecule has 0 heterocycles. The van der Waals surface area contributed by atoms with Crippen LogP contribution in [-0.4, -0.2) is 48.6 Å². The molecule has 0 radical (unpaired) electrons. The Kier molecular flexibility index (Phi) is 14.8. The smallest absolute Gasteiger partial charge is 0.0194 e. The van der Waals surface area contributed by atoms with E-state index >= 15 is 0 Å². The maximum Gasteiger partial charge on any atom is 0.0194 e. The van der Waals surface area contributed by atoms with E-state index in [1.807, 2.05) is 0 Å². The fourth-order valence-corrected chi connectivity index (χ4v) is 2.82. The van der Waals surface area contributed by atoms with Gasteiger partial charge in [0.05, 0.1) is 0 Å². The zero-order chi connectivity index (χ0) is 15.9. The molecule has 1 unspecified atom stereocenters. The molecule has 0 saturated heterocycles. The lowest BCUT2D eigenvalue weighted by atomic mass is 10.1. The van der Waals surface area contributed by atoms with Gasteiger partial charge in [-0.15, -0.1) is 0 Å². The van der Waals surface area contributed by atoms with Gasteiger partial charge < -0.3 is 4.90 Å². The first-order chi connectivity index (χ1) is 10.2. The van der Waals surface area contributed by atoms with Gasteiger partial charge in [-0.25, -0.2) is 0 Å². The maximum atomic E-state index is 2.73. The molecule has 128 valence electrons. The van der Waals surface area contributed by atoms with Crippen LogP contribution in [0.1, 0.15) is 86.0 Å². The van der Waals surface area contributed by atoms with Crippen LogP contribution in [0.2, 0.25) is 0 Å². The topological polar surface area (TPSA) is 6.48 Å². The molecule has 0 aromatic rings. The van der Waals surface area contributed by atoms with Crippen molar-refractivity contribution in [2.75, 3.05) is 32.7 Å². The van der Waals surface area contributed by atoms with Crippen molar-refractivity contribution < 1.29 is 0 Å². The highest BCUT2D eigenvalue weighted by Crippen LogP contribution is 2.09. The highest BCUT2D eigenvalue weighted by atomic mass is 15.2. The Balaban J connectivity index is 4.36. The Hall–Kier alpha value is -0.0800. The predicted molar refractivity (Wildman–Crippen MR) is 97.1 cm³/mol. The molecule has 0 rings (SSSR count). The van der Waals surface area contributed by atoms with E-state index in [0.717, 1.165) is 0 Å². The van der Waals surface area contributed by atoms with Gasteiger partial charge >= 0.3 is 0 Å². The van der Waals surface area contributed by atoms with Crippen molar-refractivity contribution in [3.63, 3.8) is 0 Å². The summed E-state index contributed by atoms with van der Waals surface area (Å²) in [5.74, 6) is 0. The number of hydrogen-bond donors (Lipinski definition) is 0. The van der Waals surface area contributed by atoms with E-state index < -0.39 is 0 Å². The van der Waals surface area contributed by atoms with Gasteiger partial charge in [-0.1, -0.05) is 53.4 Å². The molecule has 0 fully saturated rings. The summed E-state index contributed by atoms with van der Waals surface area (Å²) < 4.78 is 0. The summed E-state index contributed by atoms with van der Waals surface area (Å²) in [5, 5.41) is 0. The van der Waals surface area contributed by atoms with Crippen LogP contribution in [0.15, 0.2) is 0 Å². The van der Waals surface area contributed by atoms with Gasteiger partial charge in [-0.2, -0.15) is 0 Å². The molecule has 21 heavy (non-hydrogen) atoms. The first kappa shape index (κ1) is 20.9. The quantitative estimate of drug-likeness (QED) is 0.411. The van der Waals surface area contributed by atoms with E-state index in [4.69, 9.17) is 0 Å². The Morgan fingerprint density at radius 1 is 0.619 bits per heavy atom. The van der Waals surface area contributed by atoms with Crippen molar-refractivity contribution in [1.29, 1.82) is 0 Å². The fourth-order valence-electron chi connectivity index (χ4n) is 2.82. The molecule has 1 atom stereocenters. The second-order valence-corrected chi connectivity index (χ2v) is 6.60. The number of nitrogens with zero attached hydrogens (tertiary/aromatic N) is 2. The summed E-state index contributed by atoms with van der Waals surface area (Å²) in [7, 11) is 0. The van der Waals surface area contributed by atoms with Crippen molar-refractivity contribution in [2.24, 2.45) is 0 Å². The van der Waals surface area contributed by atoms with Crippen molar-refractivity contribution in [2.45, 2.75) is 92.0 Å². The second kappa shape index (κ2) is 14.8. The lowest BCUT2D eigenvalue weighted by molar-refractivity contribution is 0.142. The standard InChI is InChI=1S/C19H42N2/c1-6-10-14-20(15-11-7-2)18-19(5)21(16-12-8-3)17-13-9-4/h19H,6-18H2,1-5H3. The third-order valence-corrected chi connectivity index (χ3v) is 4.40. The molecule has 0 amide bonds. The third-order valence-electron chi connectivity index (χ3n) is 4.40. The SMILES string of the molecule is CCCCN(CCCC)CC(C)N(CCCC)CCCC. The first-order valence-electron chi connectivity index (χ1n) is 9.65. The summed E-state index contributed by atoms with van der Waals surface area (Å²) in [5.41, 5.74) is 0. The molecule has 0 saturated carbocycles. The Labute approximate surface area is 135 Å². The van der Waals surface area contributed by atoms with E-state index in [0.29, 0.717) is 6.04 Å². The molecule has 0 bridgehead atoms. The van der Waals surface area contributed by atoms with E-state index in [9.17, 15) is 0 Å². The van der Waals surface area contributed by atoms with Crippen molar-refractivity contribution in [3.05, 3.63) is 0 Å². The average Bonchev–Trinajstić information content (AvgIpc) is 2.49. The normalized spacial score (nSPS) is 13.3. The monoisotopic (exact) mass is 298 g/mol. The highest BCUT2D eigenvalue weighted by Gasteiger charge is 2.16. The van der Waals surface area contributed by atoms with Crippen LogP contribution in [0.3, 0.4) is 0 Å². The van der Waals surface area contributed by atoms with Crippen molar-refractivity contribution in [3.8, 4) is 0 Å². The van der Waals surface area contributed by atoms with E-state index in [2.05, 4.69) is 44.4 Å². The fraction of sp³-hybridized carbons (Fsp3) is 1.00. The number of unbranched alkanes of at least 4 members (excludes halogenated alkanes) is 4. The van der Waals surface area contributed by atoms with Gasteiger partial charge in [0.1, 0.15) is 0 Å². The van der Waals surface area contributed by atoms with Gasteiger partial charge in [0.2, 0.25) is 0 Å². The molecule has 0 N–H and O–H groups in total. The minimum absolute atomic E-state index is 0.705. The van der Waals surface area contributed by atoms with Crippen LogP contribution in [0.4, 0.5) is 0 Å². The zero-order valence-corrected chi connectivity index (χ0v) is 15.7. The summed E-state index contributed by atoms with van der Waals surface area (Å²) >= 11 is 0. The minimum atomic E-state index is 0.705. The van der Waals surface area contributed by atoms with Gasteiger partial charge in [-0.05, 0) is 58.8 Å². The molecular weight excluding hydrogens is 256 g/mol. The average molecular weight is 299 g/mol. The summed E-state index contributed by atoms with van der Waals surface area (Å²) in [6.07, 6.45) is 10.6. The number of rotatable bonds is 15. The van der Waals surface area contributed by atoms with Gasteiger partial charge in [0.25, 0.3) is 0 Å². The first-order valence-corrected chi connectivity index (χ1v) is 9.65. The highest BCUT2D eigenvalue weighted by molar-refractivity contribution is 4.72. The second-order valence-electron chi connectivity index (χ2n) is 6.60. The van der Waals surface area contributed by atoms with Crippen LogP contribution >= 0.6 is 0 Å². The van der Waals surface area contributed by atoms with Crippen LogP contribution in [-0.2, 0) is 0 Å². The Morgan fingerprint density at radius 3 is 1.38 bits per heavy atom. The third kappa shape index (κ3) is 11.2. The van der Waals surface area contributed by atoms with Crippen molar-refractivity contribution >= 4 is 0 Å². The lowest BCUT2D eigenvalue weighted by Crippen LogP contribution is -2.43. The lowest BCUT2D eigenvalue weighted by Gasteiger charge is -2.33. The van der Waals surface area contributed by atoms with Gasteiger partial charge in [0, 0.05) is 12.6 Å².